The van der Waals surface area contributed by atoms with Crippen LogP contribution in [0.4, 0.5) is 0 Å². The maximum Gasteiger partial charge on any atom is 0.236 e. The second-order valence-corrected chi connectivity index (χ2v) is 6.20. The fraction of sp³-hybridized carbons (Fsp3) is 0.632. The lowest BCUT2D eigenvalue weighted by atomic mass is 10.2. The maximum atomic E-state index is 5.98. The summed E-state index contributed by atoms with van der Waals surface area (Å²) in [5.41, 5.74) is 2.41. The minimum Gasteiger partial charge on any atom is -0.476 e. The summed E-state index contributed by atoms with van der Waals surface area (Å²) in [6.07, 6.45) is 14.3. The lowest BCUT2D eigenvalue weighted by Gasteiger charge is -2.16. The summed E-state index contributed by atoms with van der Waals surface area (Å²) in [5, 5.41) is 4.64. The maximum absolute atomic E-state index is 5.98. The Morgan fingerprint density at radius 2 is 2.00 bits per heavy atom. The molecule has 0 saturated carbocycles. The predicted molar refractivity (Wildman–Crippen MR) is 96.9 cm³/mol. The van der Waals surface area contributed by atoms with Gasteiger partial charge in [-0.3, -0.25) is 4.68 Å². The molecule has 0 radical (unpaired) electrons. The molecule has 2 rings (SSSR count). The van der Waals surface area contributed by atoms with Crippen molar-refractivity contribution in [2.45, 2.75) is 52.5 Å². The van der Waals surface area contributed by atoms with E-state index in [1.54, 1.807) is 0 Å². The predicted octanol–water partition coefficient (Wildman–Crippen LogP) is 3.92. The second kappa shape index (κ2) is 9.56. The molecule has 1 aliphatic heterocycles. The second-order valence-electron chi connectivity index (χ2n) is 6.20. The number of unbranched alkanes of at least 4 members (excludes halogenated alkanes) is 2. The van der Waals surface area contributed by atoms with Gasteiger partial charge in [-0.15, -0.1) is 5.10 Å². The van der Waals surface area contributed by atoms with E-state index in [0.717, 1.165) is 38.4 Å². The molecule has 0 amide bonds. The summed E-state index contributed by atoms with van der Waals surface area (Å²) in [5.74, 6) is 0.816. The van der Waals surface area contributed by atoms with Crippen molar-refractivity contribution in [1.29, 1.82) is 0 Å². The van der Waals surface area contributed by atoms with Crippen molar-refractivity contribution >= 4 is 6.08 Å². The number of nitrogens with zero attached hydrogens (tertiary/aromatic N) is 3. The molecule has 1 aliphatic rings. The molecule has 0 N–H and O–H groups in total. The molecule has 128 valence electrons. The van der Waals surface area contributed by atoms with Gasteiger partial charge in [0.2, 0.25) is 5.88 Å². The molecule has 0 atom stereocenters. The summed E-state index contributed by atoms with van der Waals surface area (Å²) in [7, 11) is 2.20. The zero-order valence-electron chi connectivity index (χ0n) is 14.9. The van der Waals surface area contributed by atoms with Gasteiger partial charge in [0.05, 0.1) is 18.8 Å². The smallest absolute Gasteiger partial charge is 0.236 e. The van der Waals surface area contributed by atoms with Gasteiger partial charge in [0.25, 0.3) is 0 Å². The van der Waals surface area contributed by atoms with Crippen LogP contribution in [0.1, 0.15) is 50.8 Å². The van der Waals surface area contributed by atoms with Crippen LogP contribution in [0.2, 0.25) is 0 Å². The number of aromatic nitrogens is 2. The van der Waals surface area contributed by atoms with Crippen LogP contribution in [0.3, 0.4) is 0 Å². The minimum absolute atomic E-state index is 0.737. The molecule has 4 heteroatoms. The Labute approximate surface area is 140 Å². The van der Waals surface area contributed by atoms with E-state index < -0.39 is 0 Å². The van der Waals surface area contributed by atoms with E-state index in [-0.39, 0.29) is 0 Å². The van der Waals surface area contributed by atoms with Crippen molar-refractivity contribution in [2.24, 2.45) is 0 Å². The van der Waals surface area contributed by atoms with Crippen LogP contribution in [-0.4, -0.2) is 41.4 Å². The molecular formula is C19H31N3O. The van der Waals surface area contributed by atoms with Crippen molar-refractivity contribution in [2.75, 3.05) is 26.7 Å². The van der Waals surface area contributed by atoms with Gasteiger partial charge in [0.1, 0.15) is 0 Å². The first-order valence-electron chi connectivity index (χ1n) is 9.00. The first-order chi connectivity index (χ1) is 11.3. The van der Waals surface area contributed by atoms with E-state index in [1.807, 2.05) is 4.68 Å². The van der Waals surface area contributed by atoms with Crippen molar-refractivity contribution < 1.29 is 4.74 Å². The molecule has 2 heterocycles. The van der Waals surface area contributed by atoms with E-state index in [9.17, 15) is 0 Å². The molecule has 0 aliphatic carbocycles. The van der Waals surface area contributed by atoms with Crippen LogP contribution in [0.15, 0.2) is 18.2 Å². The molecule has 1 aromatic heterocycles. The topological polar surface area (TPSA) is 30.3 Å². The Hall–Kier alpha value is -1.55. The molecule has 0 bridgehead atoms. The first kappa shape index (κ1) is 17.8. The van der Waals surface area contributed by atoms with Gasteiger partial charge in [0, 0.05) is 12.1 Å². The van der Waals surface area contributed by atoms with E-state index >= 15 is 0 Å². The number of ether oxygens (including phenoxy) is 1. The lowest BCUT2D eigenvalue weighted by molar-refractivity contribution is 0.251. The largest absolute Gasteiger partial charge is 0.476 e. The van der Waals surface area contributed by atoms with Gasteiger partial charge in [-0.1, -0.05) is 44.9 Å². The average Bonchev–Trinajstić information content (AvgIpc) is 2.71. The molecule has 23 heavy (non-hydrogen) atoms. The molecule has 0 fully saturated rings. The summed E-state index contributed by atoms with van der Waals surface area (Å²) in [6, 6.07) is 0. The number of rotatable bonds is 10. The van der Waals surface area contributed by atoms with Crippen LogP contribution in [-0.2, 0) is 13.0 Å². The Balaban J connectivity index is 1.80. The monoisotopic (exact) mass is 317 g/mol. The SMILES string of the molecule is CCCCCN(C)CCCOc1nn2c(c1CC)C=CC=CC2. The highest BCUT2D eigenvalue weighted by molar-refractivity contribution is 5.55. The number of hydrogen-bond acceptors (Lipinski definition) is 3. The van der Waals surface area contributed by atoms with Crippen LogP contribution < -0.4 is 4.74 Å². The Bertz CT molecular complexity index is 531. The summed E-state index contributed by atoms with van der Waals surface area (Å²) >= 11 is 0. The third kappa shape index (κ3) is 5.24. The Morgan fingerprint density at radius 3 is 2.78 bits per heavy atom. The van der Waals surface area contributed by atoms with E-state index in [1.165, 1.54) is 37.1 Å². The zero-order valence-corrected chi connectivity index (χ0v) is 14.9. The molecule has 4 nitrogen and oxygen atoms in total. The van der Waals surface area contributed by atoms with E-state index in [2.05, 4.69) is 55.2 Å². The quantitative estimate of drug-likeness (QED) is 0.613. The molecule has 0 saturated heterocycles. The van der Waals surface area contributed by atoms with E-state index in [4.69, 9.17) is 4.74 Å². The Kier molecular flexibility index (Phi) is 7.40. The average molecular weight is 317 g/mol. The van der Waals surface area contributed by atoms with Crippen LogP contribution in [0.5, 0.6) is 5.88 Å². The standard InChI is InChI=1S/C19H31N3O/c1-4-6-9-13-21(3)14-11-16-23-19-17(5-2)18-12-8-7-10-15-22(18)20-19/h7-8,10,12H,4-6,9,11,13-16H2,1-3H3. The molecule has 1 aromatic rings. The normalized spacial score (nSPS) is 13.4. The lowest BCUT2D eigenvalue weighted by Crippen LogP contribution is -2.22. The third-order valence-electron chi connectivity index (χ3n) is 4.26. The van der Waals surface area contributed by atoms with Gasteiger partial charge in [-0.05, 0) is 38.9 Å². The minimum atomic E-state index is 0.737. The number of fused-ring (bicyclic) bond motifs is 1. The van der Waals surface area contributed by atoms with Gasteiger partial charge in [-0.25, -0.2) is 0 Å². The van der Waals surface area contributed by atoms with E-state index in [0.29, 0.717) is 0 Å². The van der Waals surface area contributed by atoms with Gasteiger partial charge in [0.15, 0.2) is 0 Å². The van der Waals surface area contributed by atoms with Crippen LogP contribution in [0, 0.1) is 0 Å². The third-order valence-corrected chi connectivity index (χ3v) is 4.26. The van der Waals surface area contributed by atoms with Crippen LogP contribution >= 0.6 is 0 Å². The van der Waals surface area contributed by atoms with Crippen molar-refractivity contribution in [3.63, 3.8) is 0 Å². The first-order valence-corrected chi connectivity index (χ1v) is 9.00. The molecule has 0 unspecified atom stereocenters. The van der Waals surface area contributed by atoms with Crippen molar-refractivity contribution in [1.82, 2.24) is 14.7 Å². The Morgan fingerprint density at radius 1 is 1.17 bits per heavy atom. The summed E-state index contributed by atoms with van der Waals surface area (Å²) in [6.45, 7) is 8.24. The summed E-state index contributed by atoms with van der Waals surface area (Å²) in [4.78, 5) is 2.40. The van der Waals surface area contributed by atoms with Crippen molar-refractivity contribution in [3.8, 4) is 5.88 Å². The highest BCUT2D eigenvalue weighted by atomic mass is 16.5. The molecule has 0 aromatic carbocycles. The molecule has 0 spiro atoms. The fourth-order valence-electron chi connectivity index (χ4n) is 2.90. The highest BCUT2D eigenvalue weighted by Gasteiger charge is 2.15. The fourth-order valence-corrected chi connectivity index (χ4v) is 2.90. The van der Waals surface area contributed by atoms with Gasteiger partial charge < -0.3 is 9.64 Å². The number of hydrogen-bond donors (Lipinski definition) is 0. The van der Waals surface area contributed by atoms with Crippen molar-refractivity contribution in [3.05, 3.63) is 29.5 Å². The van der Waals surface area contributed by atoms with Gasteiger partial charge >= 0.3 is 0 Å². The zero-order chi connectivity index (χ0) is 16.5. The molecular weight excluding hydrogens is 286 g/mol. The van der Waals surface area contributed by atoms with Gasteiger partial charge in [-0.2, -0.15) is 0 Å². The van der Waals surface area contributed by atoms with Crippen LogP contribution in [0.25, 0.3) is 6.08 Å². The number of allylic oxidation sites excluding steroid dienone is 3. The highest BCUT2D eigenvalue weighted by Crippen LogP contribution is 2.25. The summed E-state index contributed by atoms with van der Waals surface area (Å²) < 4.78 is 8.01.